The highest BCUT2D eigenvalue weighted by Crippen LogP contribution is 2.15. The molecule has 0 aliphatic rings. The van der Waals surface area contributed by atoms with Gasteiger partial charge in [0.15, 0.2) is 11.6 Å². The second kappa shape index (κ2) is 8.12. The fraction of sp³-hybridized carbons (Fsp3) is 0.353. The van der Waals surface area contributed by atoms with Crippen molar-refractivity contribution in [1.29, 1.82) is 0 Å². The van der Waals surface area contributed by atoms with Crippen LogP contribution in [0.1, 0.15) is 30.1 Å². The normalized spacial score (nSPS) is 10.2. The van der Waals surface area contributed by atoms with Crippen molar-refractivity contribution >= 4 is 17.5 Å². The lowest BCUT2D eigenvalue weighted by Crippen LogP contribution is -2.20. The average Bonchev–Trinajstić information content (AvgIpc) is 2.60. The number of carbonyl (C=O) groups is 1. The summed E-state index contributed by atoms with van der Waals surface area (Å²) in [6.45, 7) is 3.08. The van der Waals surface area contributed by atoms with Gasteiger partial charge in [-0.25, -0.2) is 0 Å². The zero-order valence-corrected chi connectivity index (χ0v) is 13.7. The standard InChI is InChI=1S/C17H22N4O2/c1-4-5-11-21(2)16-10-9-15(19-20-16)18-17(22)13-7-6-8-14(12-13)23-3/h6-10,12H,4-5,11H2,1-3H3,(H,18,19,22). The summed E-state index contributed by atoms with van der Waals surface area (Å²) < 4.78 is 5.12. The van der Waals surface area contributed by atoms with Gasteiger partial charge in [-0.1, -0.05) is 19.4 Å². The number of methoxy groups -OCH3 is 1. The first-order valence-electron chi connectivity index (χ1n) is 7.64. The molecule has 0 aliphatic carbocycles. The fourth-order valence-corrected chi connectivity index (χ4v) is 2.06. The molecule has 1 N–H and O–H groups in total. The zero-order chi connectivity index (χ0) is 16.7. The van der Waals surface area contributed by atoms with Crippen LogP contribution in [0.2, 0.25) is 0 Å². The number of hydrogen-bond donors (Lipinski definition) is 1. The second-order valence-electron chi connectivity index (χ2n) is 5.24. The van der Waals surface area contributed by atoms with E-state index in [4.69, 9.17) is 4.74 Å². The van der Waals surface area contributed by atoms with Crippen molar-refractivity contribution in [3.63, 3.8) is 0 Å². The number of carbonyl (C=O) groups excluding carboxylic acids is 1. The Morgan fingerprint density at radius 2 is 2.09 bits per heavy atom. The highest BCUT2D eigenvalue weighted by atomic mass is 16.5. The molecule has 6 heteroatoms. The van der Waals surface area contributed by atoms with Crippen LogP contribution in [0.15, 0.2) is 36.4 Å². The molecule has 0 bridgehead atoms. The number of ether oxygens (including phenoxy) is 1. The summed E-state index contributed by atoms with van der Waals surface area (Å²) in [7, 11) is 3.55. The third-order valence-electron chi connectivity index (χ3n) is 3.46. The lowest BCUT2D eigenvalue weighted by atomic mass is 10.2. The van der Waals surface area contributed by atoms with Crippen LogP contribution in [0, 0.1) is 0 Å². The summed E-state index contributed by atoms with van der Waals surface area (Å²) in [6.07, 6.45) is 2.24. The predicted molar refractivity (Wildman–Crippen MR) is 91.2 cm³/mol. The van der Waals surface area contributed by atoms with Crippen molar-refractivity contribution in [2.24, 2.45) is 0 Å². The summed E-state index contributed by atoms with van der Waals surface area (Å²) in [6, 6.07) is 10.6. The summed E-state index contributed by atoms with van der Waals surface area (Å²) in [5, 5.41) is 10.9. The van der Waals surface area contributed by atoms with Crippen molar-refractivity contribution < 1.29 is 9.53 Å². The number of nitrogens with zero attached hydrogens (tertiary/aromatic N) is 3. The van der Waals surface area contributed by atoms with E-state index in [0.29, 0.717) is 17.1 Å². The van der Waals surface area contributed by atoms with Crippen molar-refractivity contribution in [2.75, 3.05) is 30.9 Å². The lowest BCUT2D eigenvalue weighted by Gasteiger charge is -2.17. The van der Waals surface area contributed by atoms with Gasteiger partial charge >= 0.3 is 0 Å². The van der Waals surface area contributed by atoms with E-state index in [9.17, 15) is 4.79 Å². The monoisotopic (exact) mass is 314 g/mol. The molecule has 23 heavy (non-hydrogen) atoms. The van der Waals surface area contributed by atoms with Gasteiger partial charge in [-0.05, 0) is 36.8 Å². The van der Waals surface area contributed by atoms with Crippen LogP contribution in [0.4, 0.5) is 11.6 Å². The van der Waals surface area contributed by atoms with E-state index in [-0.39, 0.29) is 5.91 Å². The fourth-order valence-electron chi connectivity index (χ4n) is 2.06. The average molecular weight is 314 g/mol. The van der Waals surface area contributed by atoms with Gasteiger partial charge in [0.25, 0.3) is 5.91 Å². The topological polar surface area (TPSA) is 67.4 Å². The molecule has 0 saturated carbocycles. The first kappa shape index (κ1) is 16.7. The van der Waals surface area contributed by atoms with E-state index in [0.717, 1.165) is 25.2 Å². The Balaban J connectivity index is 2.01. The Hall–Kier alpha value is -2.63. The number of aromatic nitrogens is 2. The molecule has 0 saturated heterocycles. The van der Waals surface area contributed by atoms with Crippen LogP contribution >= 0.6 is 0 Å². The third kappa shape index (κ3) is 4.67. The molecule has 1 heterocycles. The molecule has 122 valence electrons. The van der Waals surface area contributed by atoms with Gasteiger partial charge < -0.3 is 15.0 Å². The van der Waals surface area contributed by atoms with Gasteiger partial charge in [-0.3, -0.25) is 4.79 Å². The van der Waals surface area contributed by atoms with Crippen molar-refractivity contribution in [2.45, 2.75) is 19.8 Å². The smallest absolute Gasteiger partial charge is 0.256 e. The maximum absolute atomic E-state index is 12.2. The van der Waals surface area contributed by atoms with Crippen LogP contribution in [0.25, 0.3) is 0 Å². The maximum atomic E-state index is 12.2. The van der Waals surface area contributed by atoms with Gasteiger partial charge in [0.2, 0.25) is 0 Å². The lowest BCUT2D eigenvalue weighted by molar-refractivity contribution is 0.102. The van der Waals surface area contributed by atoms with Crippen molar-refractivity contribution in [1.82, 2.24) is 10.2 Å². The molecule has 2 aromatic rings. The first-order chi connectivity index (χ1) is 11.1. The molecule has 2 rings (SSSR count). The molecule has 1 aromatic heterocycles. The Labute approximate surface area is 136 Å². The molecule has 0 radical (unpaired) electrons. The third-order valence-corrected chi connectivity index (χ3v) is 3.46. The minimum absolute atomic E-state index is 0.245. The van der Waals surface area contributed by atoms with Crippen LogP contribution < -0.4 is 15.0 Å². The number of hydrogen-bond acceptors (Lipinski definition) is 5. The number of benzene rings is 1. The largest absolute Gasteiger partial charge is 0.497 e. The van der Waals surface area contributed by atoms with Gasteiger partial charge in [-0.15, -0.1) is 10.2 Å². The van der Waals surface area contributed by atoms with E-state index in [1.54, 1.807) is 37.4 Å². The molecule has 0 fully saturated rings. The summed E-state index contributed by atoms with van der Waals surface area (Å²) in [5.74, 6) is 1.60. The van der Waals surface area contributed by atoms with Gasteiger partial charge in [0.1, 0.15) is 5.75 Å². The molecule has 0 spiro atoms. The highest BCUT2D eigenvalue weighted by Gasteiger charge is 2.09. The number of anilines is 2. The van der Waals surface area contributed by atoms with Gasteiger partial charge in [0, 0.05) is 19.2 Å². The molecule has 1 amide bonds. The van der Waals surface area contributed by atoms with E-state index in [1.807, 2.05) is 18.0 Å². The number of rotatable bonds is 7. The number of amides is 1. The minimum atomic E-state index is -0.245. The molecule has 0 atom stereocenters. The summed E-state index contributed by atoms with van der Waals surface area (Å²) >= 11 is 0. The van der Waals surface area contributed by atoms with Crippen LogP contribution in [-0.4, -0.2) is 36.8 Å². The zero-order valence-electron chi connectivity index (χ0n) is 13.7. The number of nitrogens with one attached hydrogen (secondary N) is 1. The Kier molecular flexibility index (Phi) is 5.91. The van der Waals surface area contributed by atoms with Crippen LogP contribution in [0.3, 0.4) is 0 Å². The van der Waals surface area contributed by atoms with Crippen LogP contribution in [0.5, 0.6) is 5.75 Å². The Morgan fingerprint density at radius 1 is 1.26 bits per heavy atom. The van der Waals surface area contributed by atoms with E-state index >= 15 is 0 Å². The summed E-state index contributed by atoms with van der Waals surface area (Å²) in [4.78, 5) is 14.2. The van der Waals surface area contributed by atoms with Crippen molar-refractivity contribution in [3.8, 4) is 5.75 Å². The summed E-state index contributed by atoms with van der Waals surface area (Å²) in [5.41, 5.74) is 0.510. The van der Waals surface area contributed by atoms with Crippen LogP contribution in [-0.2, 0) is 0 Å². The van der Waals surface area contributed by atoms with E-state index in [2.05, 4.69) is 22.4 Å². The quantitative estimate of drug-likeness (QED) is 0.851. The number of unbranched alkanes of at least 4 members (excludes halogenated alkanes) is 1. The molecule has 0 unspecified atom stereocenters. The molecule has 6 nitrogen and oxygen atoms in total. The predicted octanol–water partition coefficient (Wildman–Crippen LogP) is 2.97. The molecule has 0 aliphatic heterocycles. The first-order valence-corrected chi connectivity index (χ1v) is 7.64. The molecule has 1 aromatic carbocycles. The SMILES string of the molecule is CCCCN(C)c1ccc(NC(=O)c2cccc(OC)c2)nn1. The van der Waals surface area contributed by atoms with Gasteiger partial charge in [-0.2, -0.15) is 0 Å². The Morgan fingerprint density at radius 3 is 2.74 bits per heavy atom. The van der Waals surface area contributed by atoms with Crippen molar-refractivity contribution in [3.05, 3.63) is 42.0 Å². The minimum Gasteiger partial charge on any atom is -0.497 e. The van der Waals surface area contributed by atoms with E-state index < -0.39 is 0 Å². The second-order valence-corrected chi connectivity index (χ2v) is 5.24. The maximum Gasteiger partial charge on any atom is 0.256 e. The molecular weight excluding hydrogens is 292 g/mol. The highest BCUT2D eigenvalue weighted by molar-refractivity contribution is 6.03. The van der Waals surface area contributed by atoms with Gasteiger partial charge in [0.05, 0.1) is 7.11 Å². The molecular formula is C17H22N4O2. The Bertz CT molecular complexity index is 643. The van der Waals surface area contributed by atoms with E-state index in [1.165, 1.54) is 0 Å².